The number of aromatic nitrogens is 1. The summed E-state index contributed by atoms with van der Waals surface area (Å²) in [5, 5.41) is 8.93. The minimum absolute atomic E-state index is 0.0194. The van der Waals surface area contributed by atoms with Crippen molar-refractivity contribution in [2.45, 2.75) is 13.8 Å². The van der Waals surface area contributed by atoms with E-state index in [-0.39, 0.29) is 29.4 Å². The Morgan fingerprint density at radius 1 is 1.65 bits per heavy atom. The summed E-state index contributed by atoms with van der Waals surface area (Å²) in [4.78, 5) is 15.6. The number of nitriles is 1. The van der Waals surface area contributed by atoms with Gasteiger partial charge in [0.05, 0.1) is 12.2 Å². The van der Waals surface area contributed by atoms with Crippen molar-refractivity contribution in [1.82, 2.24) is 4.98 Å². The molecule has 0 aliphatic heterocycles. The monoisotopic (exact) mass is 235 g/mol. The van der Waals surface area contributed by atoms with E-state index in [4.69, 9.17) is 21.6 Å². The quantitative estimate of drug-likeness (QED) is 0.390. The lowest BCUT2D eigenvalue weighted by atomic mass is 10.0. The Kier molecular flexibility index (Phi) is 3.85. The molecule has 7 nitrogen and oxygen atoms in total. The van der Waals surface area contributed by atoms with Gasteiger partial charge in [-0.25, -0.2) is 15.6 Å². The molecule has 1 aromatic rings. The summed E-state index contributed by atoms with van der Waals surface area (Å²) in [6.07, 6.45) is 0. The fraction of sp³-hybridized carbons (Fsp3) is 0.300. The van der Waals surface area contributed by atoms with Gasteiger partial charge in [0.2, 0.25) is 0 Å². The van der Waals surface area contributed by atoms with Crippen molar-refractivity contribution in [3.8, 4) is 6.07 Å². The largest absolute Gasteiger partial charge is 0.462 e. The Balaban J connectivity index is 3.46. The van der Waals surface area contributed by atoms with Crippen LogP contribution in [-0.2, 0) is 4.74 Å². The van der Waals surface area contributed by atoms with Crippen LogP contribution in [0.1, 0.15) is 28.4 Å². The topological polar surface area (TPSA) is 127 Å². The van der Waals surface area contributed by atoms with E-state index in [1.807, 2.05) is 6.07 Å². The number of nitrogens with zero attached hydrogens (tertiary/aromatic N) is 2. The highest BCUT2D eigenvalue weighted by molar-refractivity contribution is 5.97. The molecule has 17 heavy (non-hydrogen) atoms. The van der Waals surface area contributed by atoms with Gasteiger partial charge < -0.3 is 15.9 Å². The van der Waals surface area contributed by atoms with Gasteiger partial charge in [-0.05, 0) is 19.4 Å². The molecule has 90 valence electrons. The number of hydrogen-bond acceptors (Lipinski definition) is 7. The van der Waals surface area contributed by atoms with Crippen LogP contribution >= 0.6 is 0 Å². The number of anilines is 2. The third-order valence-corrected chi connectivity index (χ3v) is 2.20. The van der Waals surface area contributed by atoms with Crippen molar-refractivity contribution in [2.24, 2.45) is 5.84 Å². The second kappa shape index (κ2) is 5.14. The Morgan fingerprint density at radius 3 is 2.76 bits per heavy atom. The number of nitrogens with one attached hydrogen (secondary N) is 1. The molecule has 0 aromatic carbocycles. The second-order valence-electron chi connectivity index (χ2n) is 3.20. The second-order valence-corrected chi connectivity index (χ2v) is 3.20. The molecule has 0 bridgehead atoms. The van der Waals surface area contributed by atoms with Gasteiger partial charge in [-0.3, -0.25) is 0 Å². The van der Waals surface area contributed by atoms with Gasteiger partial charge in [-0.2, -0.15) is 5.26 Å². The predicted molar refractivity (Wildman–Crippen MR) is 61.9 cm³/mol. The van der Waals surface area contributed by atoms with Crippen LogP contribution in [-0.4, -0.2) is 17.6 Å². The molecule has 7 heteroatoms. The van der Waals surface area contributed by atoms with E-state index in [9.17, 15) is 4.79 Å². The van der Waals surface area contributed by atoms with Crippen molar-refractivity contribution in [3.05, 3.63) is 16.7 Å². The highest BCUT2D eigenvalue weighted by Crippen LogP contribution is 2.24. The molecular weight excluding hydrogens is 222 g/mol. The summed E-state index contributed by atoms with van der Waals surface area (Å²) in [5.41, 5.74) is 8.50. The third kappa shape index (κ3) is 2.26. The van der Waals surface area contributed by atoms with Gasteiger partial charge in [0.15, 0.2) is 5.82 Å². The van der Waals surface area contributed by atoms with Gasteiger partial charge >= 0.3 is 5.97 Å². The number of rotatable bonds is 3. The maximum absolute atomic E-state index is 11.7. The third-order valence-electron chi connectivity index (χ3n) is 2.20. The molecule has 0 unspecified atom stereocenters. The van der Waals surface area contributed by atoms with Crippen LogP contribution in [0.5, 0.6) is 0 Å². The lowest BCUT2D eigenvalue weighted by molar-refractivity contribution is 0.0526. The molecule has 0 radical (unpaired) electrons. The predicted octanol–water partition coefficient (Wildman–Crippen LogP) is 0.306. The van der Waals surface area contributed by atoms with Gasteiger partial charge in [0.25, 0.3) is 0 Å². The van der Waals surface area contributed by atoms with E-state index in [1.165, 1.54) is 0 Å². The fourth-order valence-corrected chi connectivity index (χ4v) is 1.43. The molecule has 0 saturated carbocycles. The van der Waals surface area contributed by atoms with Crippen LogP contribution < -0.4 is 17.0 Å². The van der Waals surface area contributed by atoms with Crippen LogP contribution in [0.3, 0.4) is 0 Å². The zero-order valence-electron chi connectivity index (χ0n) is 9.57. The standard InChI is InChI=1S/C10H13N5O2/c1-3-17-10(16)7-5(2)6(4-11)8(12)14-9(7)15-13/h3,13H2,1-2H3,(H3,12,14,15). The first-order valence-electron chi connectivity index (χ1n) is 4.90. The highest BCUT2D eigenvalue weighted by Gasteiger charge is 2.21. The molecule has 5 N–H and O–H groups in total. The molecule has 0 amide bonds. The van der Waals surface area contributed by atoms with Crippen molar-refractivity contribution < 1.29 is 9.53 Å². The number of carbonyl (C=O) groups excluding carboxylic acids is 1. The molecule has 0 atom stereocenters. The summed E-state index contributed by atoms with van der Waals surface area (Å²) in [6, 6.07) is 1.89. The number of hydrazine groups is 1. The van der Waals surface area contributed by atoms with Gasteiger partial charge in [0, 0.05) is 0 Å². The molecule has 1 aromatic heterocycles. The van der Waals surface area contributed by atoms with Gasteiger partial charge in [-0.15, -0.1) is 0 Å². The minimum atomic E-state index is -0.595. The Labute approximate surface area is 98.3 Å². The van der Waals surface area contributed by atoms with E-state index in [0.717, 1.165) is 0 Å². The average molecular weight is 235 g/mol. The van der Waals surface area contributed by atoms with Crippen molar-refractivity contribution >= 4 is 17.6 Å². The molecule has 0 fully saturated rings. The summed E-state index contributed by atoms with van der Waals surface area (Å²) in [5.74, 6) is 4.77. The molecule has 0 aliphatic rings. The molecule has 0 aliphatic carbocycles. The first-order valence-corrected chi connectivity index (χ1v) is 4.90. The highest BCUT2D eigenvalue weighted by atomic mass is 16.5. The summed E-state index contributed by atoms with van der Waals surface area (Å²) in [7, 11) is 0. The first-order chi connectivity index (χ1) is 8.06. The molecule has 1 heterocycles. The van der Waals surface area contributed by atoms with Crippen LogP contribution in [0.25, 0.3) is 0 Å². The molecule has 0 saturated heterocycles. The van der Waals surface area contributed by atoms with E-state index in [2.05, 4.69) is 10.4 Å². The SMILES string of the molecule is CCOC(=O)c1c(NN)nc(N)c(C#N)c1C. The van der Waals surface area contributed by atoms with Crippen molar-refractivity contribution in [1.29, 1.82) is 5.26 Å². The van der Waals surface area contributed by atoms with Gasteiger partial charge in [-0.1, -0.05) is 0 Å². The molecule has 0 spiro atoms. The maximum Gasteiger partial charge on any atom is 0.342 e. The maximum atomic E-state index is 11.7. The fourth-order valence-electron chi connectivity index (χ4n) is 1.43. The van der Waals surface area contributed by atoms with E-state index < -0.39 is 5.97 Å². The Bertz CT molecular complexity index is 492. The normalized spacial score (nSPS) is 9.53. The van der Waals surface area contributed by atoms with Crippen LogP contribution in [0.2, 0.25) is 0 Å². The van der Waals surface area contributed by atoms with E-state index in [1.54, 1.807) is 13.8 Å². The number of carbonyl (C=O) groups is 1. The van der Waals surface area contributed by atoms with Crippen molar-refractivity contribution in [2.75, 3.05) is 17.8 Å². The molecule has 1 rings (SSSR count). The average Bonchev–Trinajstić information content (AvgIpc) is 2.28. The zero-order chi connectivity index (χ0) is 13.0. The number of pyridine rings is 1. The minimum Gasteiger partial charge on any atom is -0.462 e. The van der Waals surface area contributed by atoms with Crippen molar-refractivity contribution in [3.63, 3.8) is 0 Å². The van der Waals surface area contributed by atoms with Crippen LogP contribution in [0, 0.1) is 18.3 Å². The van der Waals surface area contributed by atoms with Crippen LogP contribution in [0.4, 0.5) is 11.6 Å². The summed E-state index contributed by atoms with van der Waals surface area (Å²) < 4.78 is 4.87. The number of hydrogen-bond donors (Lipinski definition) is 3. The summed E-state index contributed by atoms with van der Waals surface area (Å²) >= 11 is 0. The number of nitrogen functional groups attached to an aromatic ring is 2. The smallest absolute Gasteiger partial charge is 0.342 e. The van der Waals surface area contributed by atoms with Gasteiger partial charge in [0.1, 0.15) is 17.5 Å². The first kappa shape index (κ1) is 12.7. The lowest BCUT2D eigenvalue weighted by Crippen LogP contribution is -2.18. The molecular formula is C10H13N5O2. The summed E-state index contributed by atoms with van der Waals surface area (Å²) in [6.45, 7) is 3.48. The van der Waals surface area contributed by atoms with E-state index >= 15 is 0 Å². The Morgan fingerprint density at radius 2 is 2.29 bits per heavy atom. The Hall–Kier alpha value is -2.33. The lowest BCUT2D eigenvalue weighted by Gasteiger charge is -2.12. The number of esters is 1. The van der Waals surface area contributed by atoms with Crippen LogP contribution in [0.15, 0.2) is 0 Å². The number of ether oxygens (including phenoxy) is 1. The zero-order valence-corrected chi connectivity index (χ0v) is 9.57. The number of nitrogens with two attached hydrogens (primary N) is 2. The van der Waals surface area contributed by atoms with E-state index in [0.29, 0.717) is 5.56 Å².